The van der Waals surface area contributed by atoms with Crippen LogP contribution in [0.25, 0.3) is 0 Å². The number of rotatable bonds is 9. The standard InChI is InChI=1S/C27H43N3O4/c1-17(2)15-22(29-26(33)34-27(6,7)8)25(32)30(21-13-10-14-21)23(24(31)28-18(3)4)20-12-9-11-19(5)16-20/h9,11-12,16-18,21-23H,10,13-15H2,1-8H3,(H,28,31)(H,29,33). The maximum Gasteiger partial charge on any atom is 0.408 e. The van der Waals surface area contributed by atoms with Crippen LogP contribution in [0.5, 0.6) is 0 Å². The molecule has 3 amide bonds. The van der Waals surface area contributed by atoms with Crippen LogP contribution in [0.3, 0.4) is 0 Å². The zero-order valence-electron chi connectivity index (χ0n) is 22.1. The molecule has 2 N–H and O–H groups in total. The SMILES string of the molecule is Cc1cccc(C(C(=O)NC(C)C)N(C(=O)C(CC(C)C)NC(=O)OC(C)(C)C)C2CCC2)c1. The summed E-state index contributed by atoms with van der Waals surface area (Å²) in [6, 6.07) is 6.08. The van der Waals surface area contributed by atoms with Crippen LogP contribution in [0, 0.1) is 12.8 Å². The first-order valence-electron chi connectivity index (χ1n) is 12.5. The molecule has 1 fully saturated rings. The Hall–Kier alpha value is -2.57. The Bertz CT molecular complexity index is 856. The van der Waals surface area contributed by atoms with Gasteiger partial charge < -0.3 is 20.3 Å². The Kier molecular flexibility index (Phi) is 9.54. The van der Waals surface area contributed by atoms with Gasteiger partial charge in [0.15, 0.2) is 0 Å². The molecule has 0 spiro atoms. The van der Waals surface area contributed by atoms with E-state index in [1.54, 1.807) is 25.7 Å². The van der Waals surface area contributed by atoms with Gasteiger partial charge in [0.25, 0.3) is 0 Å². The van der Waals surface area contributed by atoms with Crippen molar-refractivity contribution in [2.45, 2.75) is 111 Å². The minimum absolute atomic E-state index is 0.0500. The summed E-state index contributed by atoms with van der Waals surface area (Å²) in [5.74, 6) is -0.287. The van der Waals surface area contributed by atoms with E-state index in [0.29, 0.717) is 6.42 Å². The zero-order valence-corrected chi connectivity index (χ0v) is 22.1. The van der Waals surface area contributed by atoms with Gasteiger partial charge in [-0.25, -0.2) is 4.79 Å². The summed E-state index contributed by atoms with van der Waals surface area (Å²) >= 11 is 0. The largest absolute Gasteiger partial charge is 0.444 e. The van der Waals surface area contributed by atoms with Gasteiger partial charge >= 0.3 is 6.09 Å². The number of carbonyl (C=O) groups excluding carboxylic acids is 3. The number of nitrogens with zero attached hydrogens (tertiary/aromatic N) is 1. The molecule has 2 atom stereocenters. The lowest BCUT2D eigenvalue weighted by Crippen LogP contribution is -2.58. The molecule has 0 bridgehead atoms. The van der Waals surface area contributed by atoms with Crippen molar-refractivity contribution < 1.29 is 19.1 Å². The molecule has 1 aliphatic rings. The summed E-state index contributed by atoms with van der Waals surface area (Å²) in [7, 11) is 0. The molecule has 0 aromatic heterocycles. The highest BCUT2D eigenvalue weighted by atomic mass is 16.6. The molecule has 7 heteroatoms. The molecule has 0 saturated heterocycles. The molecule has 1 saturated carbocycles. The van der Waals surface area contributed by atoms with Crippen molar-refractivity contribution in [2.24, 2.45) is 5.92 Å². The van der Waals surface area contributed by atoms with Gasteiger partial charge in [-0.15, -0.1) is 0 Å². The molecular weight excluding hydrogens is 430 g/mol. The fourth-order valence-corrected chi connectivity index (χ4v) is 4.15. The monoisotopic (exact) mass is 473 g/mol. The fraction of sp³-hybridized carbons (Fsp3) is 0.667. The normalized spacial score (nSPS) is 15.9. The van der Waals surface area contributed by atoms with E-state index < -0.39 is 23.8 Å². The highest BCUT2D eigenvalue weighted by molar-refractivity contribution is 5.92. The molecule has 1 aliphatic carbocycles. The van der Waals surface area contributed by atoms with Crippen LogP contribution in [0.4, 0.5) is 4.79 Å². The number of alkyl carbamates (subject to hydrolysis) is 1. The van der Waals surface area contributed by atoms with E-state index in [4.69, 9.17) is 4.74 Å². The molecule has 7 nitrogen and oxygen atoms in total. The Morgan fingerprint density at radius 1 is 1.09 bits per heavy atom. The van der Waals surface area contributed by atoms with Crippen LogP contribution >= 0.6 is 0 Å². The van der Waals surface area contributed by atoms with Gasteiger partial charge in [0, 0.05) is 12.1 Å². The van der Waals surface area contributed by atoms with Gasteiger partial charge in [0.1, 0.15) is 17.7 Å². The number of hydrogen-bond acceptors (Lipinski definition) is 4. The summed E-state index contributed by atoms with van der Waals surface area (Å²) in [6.45, 7) is 15.2. The number of ether oxygens (including phenoxy) is 1. The van der Waals surface area contributed by atoms with Crippen molar-refractivity contribution in [1.82, 2.24) is 15.5 Å². The van der Waals surface area contributed by atoms with Crippen LogP contribution in [0.1, 0.15) is 91.3 Å². The third kappa shape index (κ3) is 8.03. The van der Waals surface area contributed by atoms with Gasteiger partial charge in [-0.2, -0.15) is 0 Å². The number of aryl methyl sites for hydroxylation is 1. The number of benzene rings is 1. The second kappa shape index (κ2) is 11.7. The molecule has 1 aromatic carbocycles. The highest BCUT2D eigenvalue weighted by Gasteiger charge is 2.42. The molecule has 1 aromatic rings. The molecule has 0 heterocycles. The van der Waals surface area contributed by atoms with Gasteiger partial charge in [-0.1, -0.05) is 43.7 Å². The first-order valence-corrected chi connectivity index (χ1v) is 12.5. The third-order valence-corrected chi connectivity index (χ3v) is 5.73. The maximum absolute atomic E-state index is 14.1. The third-order valence-electron chi connectivity index (χ3n) is 5.73. The van der Waals surface area contributed by atoms with E-state index >= 15 is 0 Å². The van der Waals surface area contributed by atoms with E-state index in [1.165, 1.54) is 0 Å². The van der Waals surface area contributed by atoms with Gasteiger partial charge in [-0.05, 0) is 78.7 Å². The zero-order chi connectivity index (χ0) is 25.6. The second-order valence-electron chi connectivity index (χ2n) is 11.1. The topological polar surface area (TPSA) is 87.7 Å². The van der Waals surface area contributed by atoms with Gasteiger partial charge in [0.05, 0.1) is 0 Å². The summed E-state index contributed by atoms with van der Waals surface area (Å²) in [4.78, 5) is 41.9. The smallest absolute Gasteiger partial charge is 0.408 e. The number of nitrogens with one attached hydrogen (secondary N) is 2. The molecular formula is C27H43N3O4. The van der Waals surface area contributed by atoms with E-state index in [-0.39, 0.29) is 29.8 Å². The Labute approximate surface area is 205 Å². The van der Waals surface area contributed by atoms with Gasteiger partial charge in [-0.3, -0.25) is 9.59 Å². The molecule has 2 unspecified atom stereocenters. The van der Waals surface area contributed by atoms with Gasteiger partial charge in [0.2, 0.25) is 11.8 Å². The highest BCUT2D eigenvalue weighted by Crippen LogP contribution is 2.34. The Morgan fingerprint density at radius 2 is 1.74 bits per heavy atom. The van der Waals surface area contributed by atoms with Crippen molar-refractivity contribution in [2.75, 3.05) is 0 Å². The van der Waals surface area contributed by atoms with E-state index in [2.05, 4.69) is 10.6 Å². The minimum Gasteiger partial charge on any atom is -0.444 e. The lowest BCUT2D eigenvalue weighted by atomic mass is 9.87. The summed E-state index contributed by atoms with van der Waals surface area (Å²) in [6.07, 6.45) is 2.51. The molecule has 0 radical (unpaired) electrons. The lowest BCUT2D eigenvalue weighted by molar-refractivity contribution is -0.148. The van der Waals surface area contributed by atoms with Crippen LogP contribution in [0.15, 0.2) is 24.3 Å². The predicted octanol–water partition coefficient (Wildman–Crippen LogP) is 4.88. The maximum atomic E-state index is 14.1. The molecule has 190 valence electrons. The van der Waals surface area contributed by atoms with Crippen LogP contribution < -0.4 is 10.6 Å². The average molecular weight is 474 g/mol. The fourth-order valence-electron chi connectivity index (χ4n) is 4.15. The first-order chi connectivity index (χ1) is 15.8. The van der Waals surface area contributed by atoms with Crippen molar-refractivity contribution >= 4 is 17.9 Å². The quantitative estimate of drug-likeness (QED) is 0.535. The van der Waals surface area contributed by atoms with Crippen LogP contribution in [-0.2, 0) is 14.3 Å². The van der Waals surface area contributed by atoms with Crippen molar-refractivity contribution in [3.8, 4) is 0 Å². The second-order valence-corrected chi connectivity index (χ2v) is 11.1. The Balaban J connectivity index is 2.47. The summed E-state index contributed by atoms with van der Waals surface area (Å²) < 4.78 is 5.44. The number of amides is 3. The van der Waals surface area contributed by atoms with E-state index in [1.807, 2.05) is 58.9 Å². The molecule has 0 aliphatic heterocycles. The Morgan fingerprint density at radius 3 is 2.21 bits per heavy atom. The summed E-state index contributed by atoms with van der Waals surface area (Å²) in [5, 5.41) is 5.81. The van der Waals surface area contributed by atoms with E-state index in [0.717, 1.165) is 30.4 Å². The van der Waals surface area contributed by atoms with Crippen LogP contribution in [0.2, 0.25) is 0 Å². The average Bonchev–Trinajstić information content (AvgIpc) is 2.62. The lowest BCUT2D eigenvalue weighted by Gasteiger charge is -2.44. The predicted molar refractivity (Wildman–Crippen MR) is 134 cm³/mol. The van der Waals surface area contributed by atoms with Crippen molar-refractivity contribution in [1.29, 1.82) is 0 Å². The van der Waals surface area contributed by atoms with Crippen LogP contribution in [-0.4, -0.2) is 46.5 Å². The summed E-state index contributed by atoms with van der Waals surface area (Å²) in [5.41, 5.74) is 1.12. The first kappa shape index (κ1) is 27.7. The minimum atomic E-state index is -0.783. The molecule has 2 rings (SSSR count). The number of hydrogen-bond donors (Lipinski definition) is 2. The van der Waals surface area contributed by atoms with Crippen molar-refractivity contribution in [3.63, 3.8) is 0 Å². The number of carbonyl (C=O) groups is 3. The van der Waals surface area contributed by atoms with Crippen molar-refractivity contribution in [3.05, 3.63) is 35.4 Å². The molecule has 34 heavy (non-hydrogen) atoms. The van der Waals surface area contributed by atoms with E-state index in [9.17, 15) is 14.4 Å².